The average molecular weight is 268 g/mol. The lowest BCUT2D eigenvalue weighted by Gasteiger charge is -2.37. The third-order valence-electron chi connectivity index (χ3n) is 3.78. The molecule has 1 saturated carbocycles. The Kier molecular flexibility index (Phi) is 5.04. The summed E-state index contributed by atoms with van der Waals surface area (Å²) < 4.78 is 0. The molecule has 0 atom stereocenters. The maximum absolute atomic E-state index is 8.99. The van der Waals surface area contributed by atoms with Gasteiger partial charge >= 0.3 is 0 Å². The maximum Gasteiger partial charge on any atom is 0.0453 e. The van der Waals surface area contributed by atoms with Gasteiger partial charge in [-0.15, -0.1) is 0 Å². The Morgan fingerprint density at radius 3 is 2.72 bits per heavy atom. The van der Waals surface area contributed by atoms with Gasteiger partial charge in [0.2, 0.25) is 0 Å². The van der Waals surface area contributed by atoms with Gasteiger partial charge in [-0.1, -0.05) is 30.2 Å². The number of hydrogen-bond acceptors (Lipinski definition) is 2. The van der Waals surface area contributed by atoms with Gasteiger partial charge < -0.3 is 5.11 Å². The Balaban J connectivity index is 2.02. The molecule has 1 N–H and O–H groups in total. The number of hydrogen-bond donors (Lipinski definition) is 1. The Morgan fingerprint density at radius 1 is 1.39 bits per heavy atom. The van der Waals surface area contributed by atoms with Crippen LogP contribution in [0, 0.1) is 6.92 Å². The van der Waals surface area contributed by atoms with Crippen LogP contribution in [0.3, 0.4) is 0 Å². The second-order valence-electron chi connectivity index (χ2n) is 5.23. The summed E-state index contributed by atoms with van der Waals surface area (Å²) in [4.78, 5) is 2.47. The summed E-state index contributed by atoms with van der Waals surface area (Å²) >= 11 is 6.30. The van der Waals surface area contributed by atoms with Gasteiger partial charge in [-0.25, -0.2) is 0 Å². The van der Waals surface area contributed by atoms with Gasteiger partial charge in [-0.2, -0.15) is 0 Å². The van der Waals surface area contributed by atoms with Crippen molar-refractivity contribution in [2.75, 3.05) is 13.2 Å². The van der Waals surface area contributed by atoms with Gasteiger partial charge in [0.05, 0.1) is 0 Å². The first-order valence-corrected chi connectivity index (χ1v) is 7.18. The first-order valence-electron chi connectivity index (χ1n) is 6.80. The lowest BCUT2D eigenvalue weighted by atomic mass is 9.91. The molecule has 0 heterocycles. The maximum atomic E-state index is 8.99. The van der Waals surface area contributed by atoms with Gasteiger partial charge in [-0.05, 0) is 43.4 Å². The Morgan fingerprint density at radius 2 is 2.17 bits per heavy atom. The van der Waals surface area contributed by atoms with E-state index in [-0.39, 0.29) is 6.61 Å². The van der Waals surface area contributed by atoms with E-state index in [0.29, 0.717) is 6.04 Å². The summed E-state index contributed by atoms with van der Waals surface area (Å²) in [5.74, 6) is 0. The molecule has 1 fully saturated rings. The highest BCUT2D eigenvalue weighted by molar-refractivity contribution is 6.31. The lowest BCUT2D eigenvalue weighted by molar-refractivity contribution is 0.109. The normalized spacial score (nSPS) is 16.0. The quantitative estimate of drug-likeness (QED) is 0.854. The molecule has 18 heavy (non-hydrogen) atoms. The van der Waals surface area contributed by atoms with Crippen LogP contribution < -0.4 is 0 Å². The van der Waals surface area contributed by atoms with Crippen LogP contribution in [-0.4, -0.2) is 29.2 Å². The summed E-state index contributed by atoms with van der Waals surface area (Å²) in [6.45, 7) is 4.20. The second kappa shape index (κ2) is 6.55. The highest BCUT2D eigenvalue weighted by atomic mass is 35.5. The third-order valence-corrected chi connectivity index (χ3v) is 4.13. The standard InChI is InChI=1S/C15H22ClNO/c1-12-6-7-13(15(16)10-12)11-17(8-3-9-18)14-4-2-5-14/h6-7,10,14,18H,2-5,8-9,11H2,1H3. The first-order chi connectivity index (χ1) is 8.70. The predicted octanol–water partition coefficient (Wildman–Crippen LogP) is 3.39. The molecule has 0 spiro atoms. The van der Waals surface area contributed by atoms with Crippen molar-refractivity contribution in [3.63, 3.8) is 0 Å². The van der Waals surface area contributed by atoms with E-state index in [2.05, 4.69) is 24.0 Å². The van der Waals surface area contributed by atoms with Gasteiger partial charge in [0, 0.05) is 30.8 Å². The molecule has 2 nitrogen and oxygen atoms in total. The van der Waals surface area contributed by atoms with Crippen molar-refractivity contribution in [3.05, 3.63) is 34.3 Å². The fraction of sp³-hybridized carbons (Fsp3) is 0.600. The summed E-state index contributed by atoms with van der Waals surface area (Å²) in [5.41, 5.74) is 2.40. The minimum Gasteiger partial charge on any atom is -0.396 e. The number of halogens is 1. The minimum atomic E-state index is 0.269. The molecule has 3 heteroatoms. The second-order valence-corrected chi connectivity index (χ2v) is 5.63. The Bertz CT molecular complexity index is 390. The third kappa shape index (κ3) is 3.47. The fourth-order valence-corrected chi connectivity index (χ4v) is 2.71. The number of benzene rings is 1. The van der Waals surface area contributed by atoms with Crippen LogP contribution in [-0.2, 0) is 6.54 Å². The van der Waals surface area contributed by atoms with Crippen molar-refractivity contribution < 1.29 is 5.11 Å². The zero-order valence-electron chi connectivity index (χ0n) is 11.0. The number of aliphatic hydroxyl groups is 1. The molecular formula is C15H22ClNO. The smallest absolute Gasteiger partial charge is 0.0453 e. The summed E-state index contributed by atoms with van der Waals surface area (Å²) in [6, 6.07) is 6.96. The first kappa shape index (κ1) is 13.9. The summed E-state index contributed by atoms with van der Waals surface area (Å²) in [5, 5.41) is 9.86. The van der Waals surface area contributed by atoms with Crippen LogP contribution in [0.15, 0.2) is 18.2 Å². The number of aryl methyl sites for hydroxylation is 1. The van der Waals surface area contributed by atoms with Crippen molar-refractivity contribution in [2.24, 2.45) is 0 Å². The fourth-order valence-electron chi connectivity index (χ4n) is 2.42. The topological polar surface area (TPSA) is 23.5 Å². The van der Waals surface area contributed by atoms with Gasteiger partial charge in [0.15, 0.2) is 0 Å². The van der Waals surface area contributed by atoms with Crippen molar-refractivity contribution in [1.82, 2.24) is 4.90 Å². The van der Waals surface area contributed by atoms with E-state index in [9.17, 15) is 0 Å². The Labute approximate surface area is 115 Å². The molecule has 2 rings (SSSR count). The number of rotatable bonds is 6. The zero-order chi connectivity index (χ0) is 13.0. The zero-order valence-corrected chi connectivity index (χ0v) is 11.8. The molecule has 0 aliphatic heterocycles. The van der Waals surface area contributed by atoms with E-state index < -0.39 is 0 Å². The van der Waals surface area contributed by atoms with E-state index >= 15 is 0 Å². The molecule has 0 unspecified atom stereocenters. The van der Waals surface area contributed by atoms with E-state index in [1.54, 1.807) is 0 Å². The number of aliphatic hydroxyl groups excluding tert-OH is 1. The molecule has 1 aliphatic rings. The van der Waals surface area contributed by atoms with Crippen LogP contribution in [0.4, 0.5) is 0 Å². The van der Waals surface area contributed by atoms with E-state index in [1.165, 1.54) is 30.4 Å². The molecule has 0 saturated heterocycles. The van der Waals surface area contributed by atoms with Crippen LogP contribution in [0.5, 0.6) is 0 Å². The molecule has 1 aromatic rings. The van der Waals surface area contributed by atoms with Crippen LogP contribution in [0.25, 0.3) is 0 Å². The molecule has 0 bridgehead atoms. The van der Waals surface area contributed by atoms with Crippen molar-refractivity contribution >= 4 is 11.6 Å². The molecular weight excluding hydrogens is 246 g/mol. The molecule has 1 aliphatic carbocycles. The van der Waals surface area contributed by atoms with E-state index in [0.717, 1.165) is 24.5 Å². The monoisotopic (exact) mass is 267 g/mol. The number of nitrogens with zero attached hydrogens (tertiary/aromatic N) is 1. The van der Waals surface area contributed by atoms with Crippen molar-refractivity contribution in [3.8, 4) is 0 Å². The highest BCUT2D eigenvalue weighted by Crippen LogP contribution is 2.28. The Hall–Kier alpha value is -0.570. The van der Waals surface area contributed by atoms with Crippen LogP contribution in [0.1, 0.15) is 36.8 Å². The van der Waals surface area contributed by atoms with Crippen LogP contribution in [0.2, 0.25) is 5.02 Å². The molecule has 0 aromatic heterocycles. The largest absolute Gasteiger partial charge is 0.396 e. The summed E-state index contributed by atoms with van der Waals surface area (Å²) in [7, 11) is 0. The summed E-state index contributed by atoms with van der Waals surface area (Å²) in [6.07, 6.45) is 4.76. The van der Waals surface area contributed by atoms with Gasteiger partial charge in [0.1, 0.15) is 0 Å². The van der Waals surface area contributed by atoms with Crippen molar-refractivity contribution in [1.29, 1.82) is 0 Å². The molecule has 1 aromatic carbocycles. The minimum absolute atomic E-state index is 0.269. The van der Waals surface area contributed by atoms with E-state index in [4.69, 9.17) is 16.7 Å². The van der Waals surface area contributed by atoms with Gasteiger partial charge in [-0.3, -0.25) is 4.90 Å². The van der Waals surface area contributed by atoms with E-state index in [1.807, 2.05) is 6.07 Å². The molecule has 0 radical (unpaired) electrons. The highest BCUT2D eigenvalue weighted by Gasteiger charge is 2.24. The predicted molar refractivity (Wildman–Crippen MR) is 75.9 cm³/mol. The van der Waals surface area contributed by atoms with Gasteiger partial charge in [0.25, 0.3) is 0 Å². The molecule has 0 amide bonds. The SMILES string of the molecule is Cc1ccc(CN(CCCO)C2CCC2)c(Cl)c1. The van der Waals surface area contributed by atoms with Crippen LogP contribution >= 0.6 is 11.6 Å². The average Bonchev–Trinajstić information content (AvgIpc) is 2.27. The van der Waals surface area contributed by atoms with Crippen molar-refractivity contribution in [2.45, 2.75) is 45.2 Å². The lowest BCUT2D eigenvalue weighted by Crippen LogP contribution is -2.40. The molecule has 100 valence electrons.